The second kappa shape index (κ2) is 15.1. The van der Waals surface area contributed by atoms with Crippen LogP contribution in [0.2, 0.25) is 0 Å². The lowest BCUT2D eigenvalue weighted by atomic mass is 10.1. The van der Waals surface area contributed by atoms with Gasteiger partial charge in [0.05, 0.1) is 17.9 Å². The molecule has 44 heavy (non-hydrogen) atoms. The highest BCUT2D eigenvalue weighted by Crippen LogP contribution is 2.36. The zero-order valence-corrected chi connectivity index (χ0v) is 26.8. The van der Waals surface area contributed by atoms with Gasteiger partial charge in [0.25, 0.3) is 0 Å². The summed E-state index contributed by atoms with van der Waals surface area (Å²) in [5.41, 5.74) is 1.70. The van der Waals surface area contributed by atoms with Gasteiger partial charge in [-0.3, -0.25) is 4.90 Å². The van der Waals surface area contributed by atoms with Gasteiger partial charge in [0.1, 0.15) is 10.8 Å². The predicted molar refractivity (Wildman–Crippen MR) is 166 cm³/mol. The van der Waals surface area contributed by atoms with Gasteiger partial charge in [-0.2, -0.15) is 13.2 Å². The van der Waals surface area contributed by atoms with Crippen molar-refractivity contribution in [3.05, 3.63) is 64.2 Å². The molecule has 13 heteroatoms. The molecule has 3 aromatic rings. The van der Waals surface area contributed by atoms with E-state index in [2.05, 4.69) is 10.2 Å². The molecule has 0 spiro atoms. The summed E-state index contributed by atoms with van der Waals surface area (Å²) in [7, 11) is 0. The van der Waals surface area contributed by atoms with E-state index in [1.165, 1.54) is 23.5 Å². The van der Waals surface area contributed by atoms with Crippen molar-refractivity contribution < 1.29 is 32.2 Å². The van der Waals surface area contributed by atoms with Gasteiger partial charge in [-0.15, -0.1) is 23.1 Å². The quantitative estimate of drug-likeness (QED) is 0.185. The Bertz CT molecular complexity index is 1420. The number of aryl methyl sites for hydroxylation is 1. The molecule has 1 fully saturated rings. The molecule has 8 nitrogen and oxygen atoms in total. The van der Waals surface area contributed by atoms with E-state index >= 15 is 0 Å². The number of piperazine rings is 1. The number of nitrogens with one attached hydrogen (secondary N) is 1. The van der Waals surface area contributed by atoms with Crippen molar-refractivity contribution in [1.29, 1.82) is 0 Å². The first-order valence-electron chi connectivity index (χ1n) is 14.5. The summed E-state index contributed by atoms with van der Waals surface area (Å²) in [6, 6.07) is 10.8. The van der Waals surface area contributed by atoms with Crippen LogP contribution in [0, 0.1) is 6.92 Å². The largest absolute Gasteiger partial charge is 0.479 e. The number of rotatable bonds is 11. The van der Waals surface area contributed by atoms with Gasteiger partial charge >= 0.3 is 18.2 Å². The first-order valence-corrected chi connectivity index (χ1v) is 16.3. The molecule has 1 aromatic heterocycles. The number of thioether (sulfide) groups is 1. The van der Waals surface area contributed by atoms with Crippen LogP contribution in [0.5, 0.6) is 5.75 Å². The summed E-state index contributed by atoms with van der Waals surface area (Å²) in [6.45, 7) is 11.2. The minimum atomic E-state index is -4.40. The van der Waals surface area contributed by atoms with Crippen molar-refractivity contribution in [2.24, 2.45) is 0 Å². The highest BCUT2D eigenvalue weighted by molar-refractivity contribution is 7.98. The van der Waals surface area contributed by atoms with E-state index in [1.807, 2.05) is 32.0 Å². The molecule has 1 saturated heterocycles. The fourth-order valence-corrected chi connectivity index (χ4v) is 6.79. The molecule has 1 aliphatic rings. The Morgan fingerprint density at radius 2 is 1.80 bits per heavy atom. The number of amides is 2. The molecule has 1 unspecified atom stereocenters. The lowest BCUT2D eigenvalue weighted by Crippen LogP contribution is -2.51. The number of urea groups is 1. The maximum atomic E-state index is 13.1. The minimum Gasteiger partial charge on any atom is -0.479 e. The second-order valence-corrected chi connectivity index (χ2v) is 12.4. The predicted octanol–water partition coefficient (Wildman–Crippen LogP) is 6.61. The van der Waals surface area contributed by atoms with Crippen LogP contribution in [0.25, 0.3) is 10.6 Å². The van der Waals surface area contributed by atoms with Gasteiger partial charge < -0.3 is 19.7 Å². The Morgan fingerprint density at radius 3 is 2.41 bits per heavy atom. The van der Waals surface area contributed by atoms with Crippen molar-refractivity contribution in [2.75, 3.05) is 39.3 Å². The fourth-order valence-electron chi connectivity index (χ4n) is 4.62. The molecule has 2 heterocycles. The molecule has 2 amide bonds. The number of hydrogen-bond donors (Lipinski definition) is 1. The molecule has 1 aliphatic heterocycles. The number of carbonyl (C=O) groups excluding carboxylic acids is 2. The van der Waals surface area contributed by atoms with Gasteiger partial charge in [0.2, 0.25) is 0 Å². The van der Waals surface area contributed by atoms with E-state index in [-0.39, 0.29) is 12.6 Å². The van der Waals surface area contributed by atoms with Gasteiger partial charge in [-0.25, -0.2) is 14.6 Å². The maximum absolute atomic E-state index is 13.1. The topological polar surface area (TPSA) is 84.0 Å². The van der Waals surface area contributed by atoms with E-state index in [1.54, 1.807) is 30.5 Å². The van der Waals surface area contributed by atoms with E-state index < -0.39 is 23.8 Å². The van der Waals surface area contributed by atoms with Gasteiger partial charge in [-0.1, -0.05) is 12.1 Å². The molecular weight excluding hydrogens is 613 g/mol. The number of esters is 1. The first kappa shape index (κ1) is 33.6. The Kier molecular flexibility index (Phi) is 11.6. The Balaban J connectivity index is 1.49. The van der Waals surface area contributed by atoms with Crippen LogP contribution < -0.4 is 10.1 Å². The standard InChI is InChI=1S/C31H37F3N4O4S2/c1-5-35-30(40)38-15-13-37(14-16-38)18-25-27(44-28(36-25)22-7-9-23(10-8-22)31(32,33)34)19-43-24-11-12-26(20(3)17-24)42-21(4)29(39)41-6-2/h7-12,17,21H,5-6,13-16,18-19H2,1-4H3,(H,35,40). The number of alkyl halides is 3. The number of hydrogen-bond acceptors (Lipinski definition) is 8. The van der Waals surface area contributed by atoms with Crippen molar-refractivity contribution in [3.63, 3.8) is 0 Å². The van der Waals surface area contributed by atoms with Crippen molar-refractivity contribution in [1.82, 2.24) is 20.1 Å². The monoisotopic (exact) mass is 650 g/mol. The molecule has 0 radical (unpaired) electrons. The molecular formula is C31H37F3N4O4S2. The Hall–Kier alpha value is -3.29. The minimum absolute atomic E-state index is 0.0652. The third-order valence-corrected chi connectivity index (χ3v) is 9.39. The molecule has 0 bridgehead atoms. The van der Waals surface area contributed by atoms with E-state index in [0.29, 0.717) is 61.3 Å². The SMILES string of the molecule is CCNC(=O)N1CCN(Cc2nc(-c3ccc(C(F)(F)F)cc3)sc2CSc2ccc(OC(C)C(=O)OCC)c(C)c2)CC1. The van der Waals surface area contributed by atoms with E-state index in [0.717, 1.165) is 33.2 Å². The highest BCUT2D eigenvalue weighted by Gasteiger charge is 2.30. The summed E-state index contributed by atoms with van der Waals surface area (Å²) in [5, 5.41) is 3.50. The molecule has 2 aromatic carbocycles. The zero-order valence-electron chi connectivity index (χ0n) is 25.2. The molecule has 0 saturated carbocycles. The fraction of sp³-hybridized carbons (Fsp3) is 0.452. The third kappa shape index (κ3) is 8.89. The summed E-state index contributed by atoms with van der Waals surface area (Å²) < 4.78 is 50.2. The maximum Gasteiger partial charge on any atom is 0.416 e. The van der Waals surface area contributed by atoms with Crippen LogP contribution in [0.4, 0.5) is 18.0 Å². The summed E-state index contributed by atoms with van der Waals surface area (Å²) in [6.07, 6.45) is -5.13. The molecule has 1 N–H and O–H groups in total. The van der Waals surface area contributed by atoms with E-state index in [9.17, 15) is 22.8 Å². The number of halogens is 3. The highest BCUT2D eigenvalue weighted by atomic mass is 32.2. The molecule has 1 atom stereocenters. The molecule has 4 rings (SSSR count). The number of nitrogens with zero attached hydrogens (tertiary/aromatic N) is 3. The van der Waals surface area contributed by atoms with Crippen molar-refractivity contribution in [3.8, 4) is 16.3 Å². The van der Waals surface area contributed by atoms with Crippen molar-refractivity contribution in [2.45, 2.75) is 57.2 Å². The van der Waals surface area contributed by atoms with Gasteiger partial charge in [0.15, 0.2) is 6.10 Å². The number of carbonyl (C=O) groups is 2. The van der Waals surface area contributed by atoms with Gasteiger partial charge in [0, 0.05) is 60.4 Å². The molecule has 0 aliphatic carbocycles. The van der Waals surface area contributed by atoms with Crippen LogP contribution in [0.1, 0.15) is 42.5 Å². The lowest BCUT2D eigenvalue weighted by Gasteiger charge is -2.34. The van der Waals surface area contributed by atoms with Crippen LogP contribution in [0.3, 0.4) is 0 Å². The van der Waals surface area contributed by atoms with Crippen LogP contribution in [-0.4, -0.2) is 72.2 Å². The van der Waals surface area contributed by atoms with E-state index in [4.69, 9.17) is 14.5 Å². The Morgan fingerprint density at radius 1 is 1.09 bits per heavy atom. The van der Waals surface area contributed by atoms with Crippen LogP contribution >= 0.6 is 23.1 Å². The first-order chi connectivity index (χ1) is 21.0. The number of ether oxygens (including phenoxy) is 2. The second-order valence-electron chi connectivity index (χ2n) is 10.3. The summed E-state index contributed by atoms with van der Waals surface area (Å²) in [4.78, 5) is 35.2. The average molecular weight is 651 g/mol. The number of benzene rings is 2. The Labute approximate surface area is 263 Å². The smallest absolute Gasteiger partial charge is 0.416 e. The van der Waals surface area contributed by atoms with Crippen LogP contribution in [0.15, 0.2) is 47.4 Å². The summed E-state index contributed by atoms with van der Waals surface area (Å²) >= 11 is 3.10. The average Bonchev–Trinajstić information content (AvgIpc) is 3.40. The number of thiazole rings is 1. The number of aromatic nitrogens is 1. The third-order valence-electron chi connectivity index (χ3n) is 7.04. The van der Waals surface area contributed by atoms with Crippen molar-refractivity contribution >= 4 is 35.1 Å². The normalized spacial score (nSPS) is 14.8. The van der Waals surface area contributed by atoms with Gasteiger partial charge in [-0.05, 0) is 63.6 Å². The zero-order chi connectivity index (χ0) is 31.9. The molecule has 238 valence electrons. The lowest BCUT2D eigenvalue weighted by molar-refractivity contribution is -0.150. The summed E-state index contributed by atoms with van der Waals surface area (Å²) in [5.74, 6) is 0.799. The van der Waals surface area contributed by atoms with Crippen LogP contribution in [-0.2, 0) is 28.0 Å².